The molecule has 0 unspecified atom stereocenters. The lowest BCUT2D eigenvalue weighted by Crippen LogP contribution is -2.42. The molecule has 0 spiro atoms. The van der Waals surface area contributed by atoms with Gasteiger partial charge in [-0.2, -0.15) is 0 Å². The zero-order chi connectivity index (χ0) is 25.3. The molecule has 0 aliphatic rings. The van der Waals surface area contributed by atoms with Crippen LogP contribution < -0.4 is 10.6 Å². The smallest absolute Gasteiger partial charge is 0.408 e. The second-order valence-corrected chi connectivity index (χ2v) is 9.57. The van der Waals surface area contributed by atoms with Crippen LogP contribution in [0.4, 0.5) is 4.79 Å². The molecule has 2 atom stereocenters. The van der Waals surface area contributed by atoms with Gasteiger partial charge in [-0.1, -0.05) is 78.9 Å². The molecular formula is C29H34N2O4. The first-order valence-corrected chi connectivity index (χ1v) is 11.8. The summed E-state index contributed by atoms with van der Waals surface area (Å²) in [6.45, 7) is 5.81. The Hall–Kier alpha value is -3.64. The fraction of sp³-hybridized carbons (Fsp3) is 0.310. The average Bonchev–Trinajstić information content (AvgIpc) is 2.85. The predicted molar refractivity (Wildman–Crippen MR) is 137 cm³/mol. The van der Waals surface area contributed by atoms with Crippen molar-refractivity contribution in [3.63, 3.8) is 0 Å². The number of carbonyl (C=O) groups is 2. The van der Waals surface area contributed by atoms with E-state index in [2.05, 4.69) is 10.6 Å². The second-order valence-electron chi connectivity index (χ2n) is 9.57. The summed E-state index contributed by atoms with van der Waals surface area (Å²) in [6.07, 6.45) is -0.593. The lowest BCUT2D eigenvalue weighted by molar-refractivity contribution is 0.0892. The van der Waals surface area contributed by atoms with Gasteiger partial charge in [-0.25, -0.2) is 4.79 Å². The molecule has 6 heteroatoms. The van der Waals surface area contributed by atoms with Gasteiger partial charge in [-0.15, -0.1) is 0 Å². The highest BCUT2D eigenvalue weighted by Crippen LogP contribution is 2.25. The van der Waals surface area contributed by atoms with E-state index in [9.17, 15) is 14.7 Å². The Morgan fingerprint density at radius 1 is 0.857 bits per heavy atom. The van der Waals surface area contributed by atoms with Crippen molar-refractivity contribution < 1.29 is 19.4 Å². The molecule has 0 aliphatic heterocycles. The fourth-order valence-corrected chi connectivity index (χ4v) is 3.78. The molecule has 0 fully saturated rings. The summed E-state index contributed by atoms with van der Waals surface area (Å²) in [7, 11) is 0. The zero-order valence-electron chi connectivity index (χ0n) is 20.5. The Kier molecular flexibility index (Phi) is 9.04. The lowest BCUT2D eigenvalue weighted by Gasteiger charge is -2.27. The zero-order valence-corrected chi connectivity index (χ0v) is 20.5. The number of aryl methyl sites for hydroxylation is 1. The van der Waals surface area contributed by atoms with Crippen LogP contribution in [-0.4, -0.2) is 28.7 Å². The predicted octanol–water partition coefficient (Wildman–Crippen LogP) is 5.18. The minimum absolute atomic E-state index is 0.103. The number of ether oxygens (including phenoxy) is 1. The van der Waals surface area contributed by atoms with Crippen LogP contribution in [0.3, 0.4) is 0 Å². The van der Waals surface area contributed by atoms with E-state index in [-0.39, 0.29) is 12.5 Å². The summed E-state index contributed by atoms with van der Waals surface area (Å²) in [4.78, 5) is 25.8. The van der Waals surface area contributed by atoms with E-state index in [1.54, 1.807) is 24.3 Å². The summed E-state index contributed by atoms with van der Waals surface area (Å²) < 4.78 is 5.41. The molecular weight excluding hydrogens is 440 g/mol. The van der Waals surface area contributed by atoms with Gasteiger partial charge in [0, 0.05) is 11.1 Å². The standard InChI is InChI=1S/C29H34N2O4/c1-29(2,3)31-27(33)24-17-11-10-16-23(24)26(25(32)19-18-21-12-6-4-7-13-21)30-28(34)35-20-22-14-8-5-9-15-22/h4-17,25-26,32H,18-20H2,1-3H3,(H,30,34)(H,31,33)/t25-,26-/m0/s1. The van der Waals surface area contributed by atoms with E-state index in [0.717, 1.165) is 11.1 Å². The van der Waals surface area contributed by atoms with E-state index in [4.69, 9.17) is 4.74 Å². The van der Waals surface area contributed by atoms with Crippen molar-refractivity contribution in [2.24, 2.45) is 0 Å². The van der Waals surface area contributed by atoms with Crippen molar-refractivity contribution in [1.29, 1.82) is 0 Å². The number of aliphatic hydroxyl groups is 1. The van der Waals surface area contributed by atoms with Crippen molar-refractivity contribution in [2.75, 3.05) is 0 Å². The minimum atomic E-state index is -0.942. The molecule has 0 radical (unpaired) electrons. The maximum absolute atomic E-state index is 13.0. The molecule has 35 heavy (non-hydrogen) atoms. The third kappa shape index (κ3) is 8.26. The number of carbonyl (C=O) groups excluding carboxylic acids is 2. The number of benzene rings is 3. The quantitative estimate of drug-likeness (QED) is 0.399. The van der Waals surface area contributed by atoms with Gasteiger partial charge in [0.1, 0.15) is 6.61 Å². The molecule has 3 N–H and O–H groups in total. The number of amides is 2. The summed E-state index contributed by atoms with van der Waals surface area (Å²) in [5.74, 6) is -0.271. The molecule has 2 amide bonds. The van der Waals surface area contributed by atoms with Gasteiger partial charge in [-0.3, -0.25) is 4.79 Å². The van der Waals surface area contributed by atoms with Crippen LogP contribution >= 0.6 is 0 Å². The normalized spacial score (nSPS) is 12.9. The van der Waals surface area contributed by atoms with E-state index in [1.165, 1.54) is 0 Å². The van der Waals surface area contributed by atoms with Gasteiger partial charge >= 0.3 is 6.09 Å². The molecule has 0 heterocycles. The maximum Gasteiger partial charge on any atom is 0.408 e. The first-order valence-electron chi connectivity index (χ1n) is 11.8. The third-order valence-electron chi connectivity index (χ3n) is 5.47. The fourth-order valence-electron chi connectivity index (χ4n) is 3.78. The van der Waals surface area contributed by atoms with Crippen LogP contribution in [0.15, 0.2) is 84.9 Å². The van der Waals surface area contributed by atoms with E-state index < -0.39 is 23.8 Å². The van der Waals surface area contributed by atoms with Crippen LogP contribution in [0.5, 0.6) is 0 Å². The van der Waals surface area contributed by atoms with Crippen molar-refractivity contribution >= 4 is 12.0 Å². The minimum Gasteiger partial charge on any atom is -0.445 e. The summed E-state index contributed by atoms with van der Waals surface area (Å²) in [5, 5.41) is 17.0. The third-order valence-corrected chi connectivity index (χ3v) is 5.47. The Labute approximate surface area is 207 Å². The second kappa shape index (κ2) is 12.2. The first-order chi connectivity index (χ1) is 16.7. The van der Waals surface area contributed by atoms with Crippen molar-refractivity contribution in [3.05, 3.63) is 107 Å². The highest BCUT2D eigenvalue weighted by Gasteiger charge is 2.28. The molecule has 0 aliphatic carbocycles. The van der Waals surface area contributed by atoms with Crippen LogP contribution in [0, 0.1) is 0 Å². The molecule has 3 aromatic rings. The van der Waals surface area contributed by atoms with Crippen molar-refractivity contribution in [1.82, 2.24) is 10.6 Å². The van der Waals surface area contributed by atoms with Crippen molar-refractivity contribution in [3.8, 4) is 0 Å². The highest BCUT2D eigenvalue weighted by molar-refractivity contribution is 5.96. The summed E-state index contributed by atoms with van der Waals surface area (Å²) >= 11 is 0. The number of hydrogen-bond acceptors (Lipinski definition) is 4. The number of aliphatic hydroxyl groups excluding tert-OH is 1. The van der Waals surface area contributed by atoms with Gasteiger partial charge in [0.25, 0.3) is 5.91 Å². The van der Waals surface area contributed by atoms with Crippen LogP contribution in [0.2, 0.25) is 0 Å². The topological polar surface area (TPSA) is 87.7 Å². The van der Waals surface area contributed by atoms with Crippen molar-refractivity contribution in [2.45, 2.75) is 57.9 Å². The van der Waals surface area contributed by atoms with Gasteiger partial charge < -0.3 is 20.5 Å². The van der Waals surface area contributed by atoms with Gasteiger partial charge in [0.05, 0.1) is 12.1 Å². The van der Waals surface area contributed by atoms with Crippen LogP contribution in [-0.2, 0) is 17.8 Å². The van der Waals surface area contributed by atoms with Gasteiger partial charge in [0.2, 0.25) is 0 Å². The lowest BCUT2D eigenvalue weighted by atomic mass is 9.92. The molecule has 6 nitrogen and oxygen atoms in total. The Balaban J connectivity index is 1.81. The number of rotatable bonds is 9. The van der Waals surface area contributed by atoms with E-state index in [0.29, 0.717) is 24.0 Å². The molecule has 3 aromatic carbocycles. The molecule has 184 valence electrons. The molecule has 0 saturated heterocycles. The van der Waals surface area contributed by atoms with E-state index >= 15 is 0 Å². The number of nitrogens with one attached hydrogen (secondary N) is 2. The average molecular weight is 475 g/mol. The highest BCUT2D eigenvalue weighted by atomic mass is 16.5. The van der Waals surface area contributed by atoms with Gasteiger partial charge in [-0.05, 0) is 56.4 Å². The van der Waals surface area contributed by atoms with Crippen LogP contribution in [0.1, 0.15) is 60.3 Å². The molecule has 3 rings (SSSR count). The van der Waals surface area contributed by atoms with Gasteiger partial charge in [0.15, 0.2) is 0 Å². The number of alkyl carbamates (subject to hydrolysis) is 1. The largest absolute Gasteiger partial charge is 0.445 e. The first kappa shape index (κ1) is 26.0. The summed E-state index contributed by atoms with van der Waals surface area (Å²) in [6, 6.07) is 25.4. The maximum atomic E-state index is 13.0. The Bertz CT molecular complexity index is 1090. The Morgan fingerprint density at radius 2 is 1.43 bits per heavy atom. The van der Waals surface area contributed by atoms with Crippen LogP contribution in [0.25, 0.3) is 0 Å². The molecule has 0 aromatic heterocycles. The molecule has 0 bridgehead atoms. The monoisotopic (exact) mass is 474 g/mol. The Morgan fingerprint density at radius 3 is 2.06 bits per heavy atom. The SMILES string of the molecule is CC(C)(C)NC(=O)c1ccccc1[C@H](NC(=O)OCc1ccccc1)[C@@H](O)CCc1ccccc1. The van der Waals surface area contributed by atoms with E-state index in [1.807, 2.05) is 81.4 Å². The number of hydrogen-bond donors (Lipinski definition) is 3. The summed E-state index contributed by atoms with van der Waals surface area (Å²) in [5.41, 5.74) is 2.43. The molecule has 0 saturated carbocycles.